The summed E-state index contributed by atoms with van der Waals surface area (Å²) in [6, 6.07) is 5.29. The Balaban J connectivity index is 2.06. The molecule has 0 atom stereocenters. The van der Waals surface area contributed by atoms with Crippen LogP contribution >= 0.6 is 11.6 Å². The number of sulfonamides is 1. The maximum atomic E-state index is 12.1. The van der Waals surface area contributed by atoms with E-state index in [9.17, 15) is 13.2 Å². The fourth-order valence-corrected chi connectivity index (χ4v) is 4.15. The molecule has 1 aromatic carbocycles. The Labute approximate surface area is 143 Å². The highest BCUT2D eigenvalue weighted by atomic mass is 35.5. The van der Waals surface area contributed by atoms with E-state index < -0.39 is 10.0 Å². The van der Waals surface area contributed by atoms with Crippen molar-refractivity contribution in [3.05, 3.63) is 28.8 Å². The molecular weight excluding hydrogens is 336 g/mol. The molecule has 1 fully saturated rings. The molecule has 7 heteroatoms. The SMILES string of the molecule is Cc1cc(Cl)ccc1N(CCC(=O)NC1CCCC1)S(C)(=O)=O. The number of nitrogens with one attached hydrogen (secondary N) is 1. The monoisotopic (exact) mass is 358 g/mol. The van der Waals surface area contributed by atoms with Crippen LogP contribution in [0.5, 0.6) is 0 Å². The predicted molar refractivity (Wildman–Crippen MR) is 93.4 cm³/mol. The number of rotatable bonds is 6. The van der Waals surface area contributed by atoms with Gasteiger partial charge in [0.05, 0.1) is 11.9 Å². The molecule has 2 rings (SSSR count). The lowest BCUT2D eigenvalue weighted by atomic mass is 10.2. The van der Waals surface area contributed by atoms with Gasteiger partial charge in [-0.25, -0.2) is 8.42 Å². The highest BCUT2D eigenvalue weighted by molar-refractivity contribution is 7.92. The highest BCUT2D eigenvalue weighted by Crippen LogP contribution is 2.26. The molecule has 1 N–H and O–H groups in total. The Morgan fingerprint density at radius 3 is 2.57 bits per heavy atom. The fraction of sp³-hybridized carbons (Fsp3) is 0.562. The van der Waals surface area contributed by atoms with Crippen LogP contribution in [0, 0.1) is 6.92 Å². The molecule has 0 aliphatic heterocycles. The Morgan fingerprint density at radius 1 is 1.35 bits per heavy atom. The van der Waals surface area contributed by atoms with Crippen LogP contribution in [0.15, 0.2) is 18.2 Å². The quantitative estimate of drug-likeness (QED) is 0.850. The molecule has 128 valence electrons. The van der Waals surface area contributed by atoms with Crippen LogP contribution in [0.25, 0.3) is 0 Å². The van der Waals surface area contributed by atoms with Crippen LogP contribution in [0.2, 0.25) is 5.02 Å². The molecule has 0 heterocycles. The lowest BCUT2D eigenvalue weighted by molar-refractivity contribution is -0.121. The number of halogens is 1. The molecule has 1 aliphatic carbocycles. The molecule has 1 saturated carbocycles. The number of benzene rings is 1. The summed E-state index contributed by atoms with van der Waals surface area (Å²) in [6.07, 6.45) is 5.60. The summed E-state index contributed by atoms with van der Waals surface area (Å²) in [5, 5.41) is 3.53. The van der Waals surface area contributed by atoms with Gasteiger partial charge in [-0.05, 0) is 43.5 Å². The number of amides is 1. The van der Waals surface area contributed by atoms with Gasteiger partial charge in [-0.1, -0.05) is 24.4 Å². The van der Waals surface area contributed by atoms with Crippen LogP contribution < -0.4 is 9.62 Å². The van der Waals surface area contributed by atoms with Crippen molar-refractivity contribution < 1.29 is 13.2 Å². The van der Waals surface area contributed by atoms with Gasteiger partial charge in [0.25, 0.3) is 0 Å². The number of anilines is 1. The first-order valence-corrected chi connectivity index (χ1v) is 10.0. The van der Waals surface area contributed by atoms with E-state index in [1.807, 2.05) is 0 Å². The van der Waals surface area contributed by atoms with E-state index in [1.165, 1.54) is 4.31 Å². The number of carbonyl (C=O) groups excluding carboxylic acids is 1. The van der Waals surface area contributed by atoms with E-state index >= 15 is 0 Å². The molecule has 1 aromatic rings. The van der Waals surface area contributed by atoms with Crippen molar-refractivity contribution in [1.29, 1.82) is 0 Å². The van der Waals surface area contributed by atoms with Crippen molar-refractivity contribution in [2.24, 2.45) is 0 Å². The van der Waals surface area contributed by atoms with E-state index in [0.717, 1.165) is 37.5 Å². The third kappa shape index (κ3) is 5.11. The number of hydrogen-bond donors (Lipinski definition) is 1. The summed E-state index contributed by atoms with van der Waals surface area (Å²) >= 11 is 5.93. The summed E-state index contributed by atoms with van der Waals surface area (Å²) in [5.74, 6) is -0.0998. The highest BCUT2D eigenvalue weighted by Gasteiger charge is 2.22. The lowest BCUT2D eigenvalue weighted by Crippen LogP contribution is -2.37. The normalized spacial score (nSPS) is 15.6. The van der Waals surface area contributed by atoms with Gasteiger partial charge in [-0.15, -0.1) is 0 Å². The molecule has 0 spiro atoms. The van der Waals surface area contributed by atoms with E-state index in [-0.39, 0.29) is 24.9 Å². The minimum Gasteiger partial charge on any atom is -0.353 e. The van der Waals surface area contributed by atoms with Gasteiger partial charge in [0.15, 0.2) is 0 Å². The molecule has 0 saturated heterocycles. The summed E-state index contributed by atoms with van der Waals surface area (Å²) in [7, 11) is -3.47. The largest absolute Gasteiger partial charge is 0.353 e. The molecule has 0 radical (unpaired) electrons. The standard InChI is InChI=1S/C16H23ClN2O3S/c1-12-11-13(17)7-8-15(12)19(23(2,21)22)10-9-16(20)18-14-5-3-4-6-14/h7-8,11,14H,3-6,9-10H2,1-2H3,(H,18,20). The minimum absolute atomic E-state index is 0.0998. The second kappa shape index (κ2) is 7.53. The van der Waals surface area contributed by atoms with E-state index in [4.69, 9.17) is 11.6 Å². The Bertz CT molecular complexity index is 670. The third-order valence-corrected chi connectivity index (χ3v) is 5.51. The summed E-state index contributed by atoms with van der Waals surface area (Å²) < 4.78 is 25.4. The molecule has 1 aliphatic rings. The number of hydrogen-bond acceptors (Lipinski definition) is 3. The van der Waals surface area contributed by atoms with Crippen molar-refractivity contribution in [1.82, 2.24) is 5.32 Å². The molecular formula is C16H23ClN2O3S. The smallest absolute Gasteiger partial charge is 0.232 e. The lowest BCUT2D eigenvalue weighted by Gasteiger charge is -2.24. The van der Waals surface area contributed by atoms with Crippen molar-refractivity contribution in [2.75, 3.05) is 17.1 Å². The number of aryl methyl sites for hydroxylation is 1. The minimum atomic E-state index is -3.47. The average molecular weight is 359 g/mol. The second-order valence-electron chi connectivity index (χ2n) is 6.06. The van der Waals surface area contributed by atoms with E-state index in [1.54, 1.807) is 25.1 Å². The maximum absolute atomic E-state index is 12.1. The van der Waals surface area contributed by atoms with E-state index in [2.05, 4.69) is 5.32 Å². The van der Waals surface area contributed by atoms with Crippen LogP contribution in [0.4, 0.5) is 5.69 Å². The van der Waals surface area contributed by atoms with Gasteiger partial charge in [-0.2, -0.15) is 0 Å². The Morgan fingerprint density at radius 2 is 2.00 bits per heavy atom. The van der Waals surface area contributed by atoms with Crippen LogP contribution in [-0.4, -0.2) is 33.2 Å². The topological polar surface area (TPSA) is 66.5 Å². The van der Waals surface area contributed by atoms with Gasteiger partial charge in [0.2, 0.25) is 15.9 Å². The molecule has 5 nitrogen and oxygen atoms in total. The molecule has 0 unspecified atom stereocenters. The molecule has 23 heavy (non-hydrogen) atoms. The summed E-state index contributed by atoms with van der Waals surface area (Å²) in [5.41, 5.74) is 1.32. The zero-order valence-corrected chi connectivity index (χ0v) is 15.1. The first kappa shape index (κ1) is 18.1. The van der Waals surface area contributed by atoms with Gasteiger partial charge in [0.1, 0.15) is 0 Å². The average Bonchev–Trinajstić information content (AvgIpc) is 2.92. The first-order valence-electron chi connectivity index (χ1n) is 7.80. The third-order valence-electron chi connectivity index (χ3n) is 4.09. The van der Waals surface area contributed by atoms with Crippen LogP contribution in [-0.2, 0) is 14.8 Å². The second-order valence-corrected chi connectivity index (χ2v) is 8.41. The molecule has 0 aromatic heterocycles. The molecule has 0 bridgehead atoms. The summed E-state index contributed by atoms with van der Waals surface area (Å²) in [6.45, 7) is 1.93. The zero-order chi connectivity index (χ0) is 17.0. The van der Waals surface area contributed by atoms with Gasteiger partial charge in [0, 0.05) is 24.0 Å². The summed E-state index contributed by atoms with van der Waals surface area (Å²) in [4.78, 5) is 12.0. The Hall–Kier alpha value is -1.27. The first-order chi connectivity index (χ1) is 10.8. The van der Waals surface area contributed by atoms with Crippen molar-refractivity contribution in [3.8, 4) is 0 Å². The maximum Gasteiger partial charge on any atom is 0.232 e. The fourth-order valence-electron chi connectivity index (χ4n) is 2.94. The van der Waals surface area contributed by atoms with Gasteiger partial charge < -0.3 is 5.32 Å². The Kier molecular flexibility index (Phi) is 5.92. The van der Waals surface area contributed by atoms with E-state index in [0.29, 0.717) is 10.7 Å². The van der Waals surface area contributed by atoms with Crippen molar-refractivity contribution >= 4 is 33.2 Å². The van der Waals surface area contributed by atoms with Crippen LogP contribution in [0.1, 0.15) is 37.7 Å². The number of carbonyl (C=O) groups is 1. The van der Waals surface area contributed by atoms with Crippen molar-refractivity contribution in [2.45, 2.75) is 45.1 Å². The zero-order valence-electron chi connectivity index (χ0n) is 13.5. The van der Waals surface area contributed by atoms with Crippen LogP contribution in [0.3, 0.4) is 0 Å². The number of nitrogens with zero attached hydrogens (tertiary/aromatic N) is 1. The van der Waals surface area contributed by atoms with Gasteiger partial charge >= 0.3 is 0 Å². The molecule has 1 amide bonds. The predicted octanol–water partition coefficient (Wildman–Crippen LogP) is 2.86. The van der Waals surface area contributed by atoms with Gasteiger partial charge in [-0.3, -0.25) is 9.10 Å². The van der Waals surface area contributed by atoms with Crippen molar-refractivity contribution in [3.63, 3.8) is 0 Å².